The van der Waals surface area contributed by atoms with E-state index in [4.69, 9.17) is 4.74 Å². The summed E-state index contributed by atoms with van der Waals surface area (Å²) in [6.07, 6.45) is 2.49. The Balaban J connectivity index is 2.76. The number of carbonyl (C=O) groups is 1. The van der Waals surface area contributed by atoms with E-state index in [-0.39, 0.29) is 12.1 Å². The third-order valence-electron chi connectivity index (χ3n) is 1.94. The number of methoxy groups -OCH3 is 1. The second kappa shape index (κ2) is 3.05. The lowest BCUT2D eigenvalue weighted by atomic mass is 10.2. The Bertz CT molecular complexity index is 198. The van der Waals surface area contributed by atoms with E-state index in [1.54, 1.807) is 19.1 Å². The molecule has 0 aromatic rings. The third kappa shape index (κ3) is 1.28. The molecule has 0 aliphatic carbocycles. The van der Waals surface area contributed by atoms with Crippen LogP contribution in [0.4, 0.5) is 0 Å². The highest BCUT2D eigenvalue weighted by Crippen LogP contribution is 2.18. The number of hydrogen-bond donors (Lipinski definition) is 0. The predicted octanol–water partition coefficient (Wildman–Crippen LogP) is 0.767. The van der Waals surface area contributed by atoms with Gasteiger partial charge in [-0.1, -0.05) is 6.92 Å². The number of likely N-dealkylation sites (N-methyl/N-ethyl adjacent to an activating group) is 1. The second-order valence-electron chi connectivity index (χ2n) is 2.59. The highest BCUT2D eigenvalue weighted by molar-refractivity contribution is 5.95. The van der Waals surface area contributed by atoms with Gasteiger partial charge in [-0.2, -0.15) is 0 Å². The minimum absolute atomic E-state index is 0.0827. The molecule has 62 valence electrons. The van der Waals surface area contributed by atoms with Gasteiger partial charge in [0.2, 0.25) is 0 Å². The van der Waals surface area contributed by atoms with Crippen LogP contribution in [-0.2, 0) is 9.53 Å². The van der Waals surface area contributed by atoms with Crippen LogP contribution in [0.5, 0.6) is 0 Å². The second-order valence-corrected chi connectivity index (χ2v) is 2.59. The van der Waals surface area contributed by atoms with Crippen molar-refractivity contribution in [3.8, 4) is 0 Å². The number of amides is 1. The van der Waals surface area contributed by atoms with Crippen molar-refractivity contribution in [1.82, 2.24) is 4.90 Å². The summed E-state index contributed by atoms with van der Waals surface area (Å²) in [6, 6.07) is 0. The Labute approximate surface area is 66.6 Å². The molecule has 0 radical (unpaired) electrons. The quantitative estimate of drug-likeness (QED) is 0.589. The lowest BCUT2D eigenvalue weighted by Crippen LogP contribution is -2.31. The Kier molecular flexibility index (Phi) is 2.29. The van der Waals surface area contributed by atoms with Gasteiger partial charge in [0.25, 0.3) is 5.91 Å². The van der Waals surface area contributed by atoms with Crippen molar-refractivity contribution >= 4 is 5.91 Å². The van der Waals surface area contributed by atoms with Gasteiger partial charge in [-0.05, 0) is 12.5 Å². The molecule has 0 aromatic carbocycles. The number of nitrogens with zero attached hydrogens (tertiary/aromatic N) is 1. The normalized spacial score (nSPS) is 24.3. The fourth-order valence-electron chi connectivity index (χ4n) is 1.19. The summed E-state index contributed by atoms with van der Waals surface area (Å²) in [5.41, 5.74) is 0.847. The van der Waals surface area contributed by atoms with Crippen LogP contribution < -0.4 is 0 Å². The van der Waals surface area contributed by atoms with Crippen LogP contribution in [0.25, 0.3) is 0 Å². The third-order valence-corrected chi connectivity index (χ3v) is 1.94. The van der Waals surface area contributed by atoms with E-state index < -0.39 is 0 Å². The van der Waals surface area contributed by atoms with Crippen LogP contribution in [0.3, 0.4) is 0 Å². The van der Waals surface area contributed by atoms with E-state index in [0.717, 1.165) is 12.0 Å². The standard InChI is InChI=1S/C8H13NO2/c1-4-6-5-7(11-3)9(2)8(6)10/h5,7H,4H2,1-3H3. The van der Waals surface area contributed by atoms with Crippen molar-refractivity contribution in [3.63, 3.8) is 0 Å². The zero-order chi connectivity index (χ0) is 8.43. The smallest absolute Gasteiger partial charge is 0.251 e. The number of hydrogen-bond acceptors (Lipinski definition) is 2. The summed E-state index contributed by atoms with van der Waals surface area (Å²) in [6.45, 7) is 1.97. The van der Waals surface area contributed by atoms with Gasteiger partial charge in [0.05, 0.1) is 0 Å². The van der Waals surface area contributed by atoms with Gasteiger partial charge in [0.1, 0.15) is 0 Å². The molecule has 1 rings (SSSR count). The summed E-state index contributed by atoms with van der Waals surface area (Å²) >= 11 is 0. The van der Waals surface area contributed by atoms with Gasteiger partial charge in [-0.3, -0.25) is 4.79 Å². The Morgan fingerprint density at radius 2 is 2.36 bits per heavy atom. The summed E-state index contributed by atoms with van der Waals surface area (Å²) < 4.78 is 5.05. The van der Waals surface area contributed by atoms with Gasteiger partial charge in [-0.15, -0.1) is 0 Å². The van der Waals surface area contributed by atoms with Gasteiger partial charge in [0.15, 0.2) is 6.23 Å². The largest absolute Gasteiger partial charge is 0.358 e. The van der Waals surface area contributed by atoms with Crippen molar-refractivity contribution in [2.45, 2.75) is 19.6 Å². The number of ether oxygens (including phenoxy) is 1. The SMILES string of the molecule is CCC1=CC(OC)N(C)C1=O. The molecular weight excluding hydrogens is 142 g/mol. The molecule has 3 heteroatoms. The molecule has 0 N–H and O–H groups in total. The highest BCUT2D eigenvalue weighted by atomic mass is 16.5. The first-order chi connectivity index (χ1) is 5.20. The molecule has 1 unspecified atom stereocenters. The highest BCUT2D eigenvalue weighted by Gasteiger charge is 2.27. The minimum Gasteiger partial charge on any atom is -0.358 e. The molecule has 0 saturated heterocycles. The van der Waals surface area contributed by atoms with E-state index in [0.29, 0.717) is 0 Å². The molecule has 0 fully saturated rings. The van der Waals surface area contributed by atoms with E-state index in [1.807, 2.05) is 13.0 Å². The summed E-state index contributed by atoms with van der Waals surface area (Å²) in [5.74, 6) is 0.0827. The van der Waals surface area contributed by atoms with E-state index in [1.165, 1.54) is 0 Å². The van der Waals surface area contributed by atoms with Crippen molar-refractivity contribution in [1.29, 1.82) is 0 Å². The molecule has 0 aromatic heterocycles. The van der Waals surface area contributed by atoms with Gasteiger partial charge in [-0.25, -0.2) is 0 Å². The summed E-state index contributed by atoms with van der Waals surface area (Å²) in [4.78, 5) is 12.9. The monoisotopic (exact) mass is 155 g/mol. The molecule has 3 nitrogen and oxygen atoms in total. The molecule has 1 heterocycles. The van der Waals surface area contributed by atoms with E-state index in [9.17, 15) is 4.79 Å². The Morgan fingerprint density at radius 1 is 1.73 bits per heavy atom. The van der Waals surface area contributed by atoms with E-state index >= 15 is 0 Å². The Hall–Kier alpha value is -0.830. The fraction of sp³-hybridized carbons (Fsp3) is 0.625. The maximum absolute atomic E-state index is 11.3. The first-order valence-corrected chi connectivity index (χ1v) is 3.71. The average molecular weight is 155 g/mol. The molecule has 1 aliphatic heterocycles. The zero-order valence-electron chi connectivity index (χ0n) is 7.13. The number of carbonyl (C=O) groups excluding carboxylic acids is 1. The fourth-order valence-corrected chi connectivity index (χ4v) is 1.19. The van der Waals surface area contributed by atoms with Crippen LogP contribution in [0.15, 0.2) is 11.6 Å². The zero-order valence-corrected chi connectivity index (χ0v) is 7.13. The molecule has 0 saturated carbocycles. The average Bonchev–Trinajstić information content (AvgIpc) is 2.30. The van der Waals surface area contributed by atoms with Crippen molar-refractivity contribution in [3.05, 3.63) is 11.6 Å². The molecule has 11 heavy (non-hydrogen) atoms. The lowest BCUT2D eigenvalue weighted by Gasteiger charge is -2.17. The van der Waals surface area contributed by atoms with Gasteiger partial charge in [0, 0.05) is 19.7 Å². The van der Waals surface area contributed by atoms with Crippen LogP contribution >= 0.6 is 0 Å². The first-order valence-electron chi connectivity index (χ1n) is 3.71. The molecule has 0 bridgehead atoms. The number of rotatable bonds is 2. The summed E-state index contributed by atoms with van der Waals surface area (Å²) in [7, 11) is 3.35. The van der Waals surface area contributed by atoms with Crippen LogP contribution in [-0.4, -0.2) is 31.2 Å². The molecule has 1 atom stereocenters. The maximum atomic E-state index is 11.3. The lowest BCUT2D eigenvalue weighted by molar-refractivity contribution is -0.131. The molecule has 1 amide bonds. The van der Waals surface area contributed by atoms with Crippen LogP contribution in [0, 0.1) is 0 Å². The van der Waals surface area contributed by atoms with E-state index in [2.05, 4.69) is 0 Å². The summed E-state index contributed by atoms with van der Waals surface area (Å²) in [5, 5.41) is 0. The van der Waals surface area contributed by atoms with Crippen LogP contribution in [0.1, 0.15) is 13.3 Å². The Morgan fingerprint density at radius 3 is 2.64 bits per heavy atom. The molecule has 1 aliphatic rings. The molecular formula is C8H13NO2. The molecule has 0 spiro atoms. The van der Waals surface area contributed by atoms with Crippen molar-refractivity contribution < 1.29 is 9.53 Å². The van der Waals surface area contributed by atoms with Crippen molar-refractivity contribution in [2.75, 3.05) is 14.2 Å². The topological polar surface area (TPSA) is 29.5 Å². The minimum atomic E-state index is -0.155. The maximum Gasteiger partial charge on any atom is 0.251 e. The van der Waals surface area contributed by atoms with Gasteiger partial charge < -0.3 is 9.64 Å². The predicted molar refractivity (Wildman–Crippen MR) is 41.9 cm³/mol. The van der Waals surface area contributed by atoms with Crippen molar-refractivity contribution in [2.24, 2.45) is 0 Å². The van der Waals surface area contributed by atoms with Gasteiger partial charge >= 0.3 is 0 Å². The first kappa shape index (κ1) is 8.27. The van der Waals surface area contributed by atoms with Crippen LogP contribution in [0.2, 0.25) is 0 Å².